The van der Waals surface area contributed by atoms with Crippen LogP contribution in [0.3, 0.4) is 0 Å². The molecule has 0 amide bonds. The summed E-state index contributed by atoms with van der Waals surface area (Å²) in [5.41, 5.74) is 2.56. The number of hydrogen-bond acceptors (Lipinski definition) is 5. The summed E-state index contributed by atoms with van der Waals surface area (Å²) in [7, 11) is 0. The van der Waals surface area contributed by atoms with E-state index in [9.17, 15) is 5.11 Å². The number of anilines is 2. The number of hydrogen-bond donors (Lipinski definition) is 2. The highest BCUT2D eigenvalue weighted by atomic mass is 16.3. The van der Waals surface area contributed by atoms with Crippen LogP contribution >= 0.6 is 0 Å². The van der Waals surface area contributed by atoms with E-state index in [2.05, 4.69) is 68.7 Å². The Morgan fingerprint density at radius 3 is 2.28 bits per heavy atom. The molecule has 1 aromatic heterocycles. The summed E-state index contributed by atoms with van der Waals surface area (Å²) in [6.45, 7) is 4.38. The first-order valence-corrected chi connectivity index (χ1v) is 10.3. The third-order valence-electron chi connectivity index (χ3n) is 5.77. The lowest BCUT2D eigenvalue weighted by Gasteiger charge is -2.21. The topological polar surface area (TPSA) is 61.3 Å². The lowest BCUT2D eigenvalue weighted by Crippen LogP contribution is -2.24. The molecule has 1 saturated heterocycles. The van der Waals surface area contributed by atoms with Crippen LogP contribution in [0.1, 0.15) is 30.4 Å². The van der Waals surface area contributed by atoms with Gasteiger partial charge in [0.1, 0.15) is 18.0 Å². The zero-order chi connectivity index (χ0) is 20.1. The highest BCUT2D eigenvalue weighted by molar-refractivity contribution is 5.50. The first kappa shape index (κ1) is 19.4. The van der Waals surface area contributed by atoms with E-state index >= 15 is 0 Å². The second-order valence-corrected chi connectivity index (χ2v) is 7.75. The lowest BCUT2D eigenvalue weighted by molar-refractivity contribution is 0.136. The molecule has 150 valence electrons. The Hall–Kier alpha value is -2.92. The summed E-state index contributed by atoms with van der Waals surface area (Å²) in [6, 6.07) is 23.1. The monoisotopic (exact) mass is 388 g/mol. The van der Waals surface area contributed by atoms with E-state index in [1.54, 1.807) is 6.33 Å². The van der Waals surface area contributed by atoms with Crippen molar-refractivity contribution < 1.29 is 5.11 Å². The van der Waals surface area contributed by atoms with Crippen molar-refractivity contribution in [3.05, 3.63) is 84.2 Å². The van der Waals surface area contributed by atoms with E-state index in [-0.39, 0.29) is 12.0 Å². The van der Waals surface area contributed by atoms with Crippen molar-refractivity contribution in [1.29, 1.82) is 0 Å². The molecule has 2 N–H and O–H groups in total. The number of benzene rings is 2. The molecule has 0 saturated carbocycles. The first-order chi connectivity index (χ1) is 14.2. The fraction of sp³-hybridized carbons (Fsp3) is 0.333. The van der Waals surface area contributed by atoms with Gasteiger partial charge in [0, 0.05) is 37.5 Å². The van der Waals surface area contributed by atoms with Gasteiger partial charge in [0.2, 0.25) is 0 Å². The van der Waals surface area contributed by atoms with Crippen LogP contribution in [0.4, 0.5) is 11.6 Å². The van der Waals surface area contributed by atoms with Crippen molar-refractivity contribution >= 4 is 11.6 Å². The molecule has 0 bridgehead atoms. The van der Waals surface area contributed by atoms with Crippen LogP contribution in [-0.2, 0) is 0 Å². The summed E-state index contributed by atoms with van der Waals surface area (Å²) in [4.78, 5) is 11.1. The smallest absolute Gasteiger partial charge is 0.134 e. The van der Waals surface area contributed by atoms with Crippen LogP contribution in [0, 0.1) is 5.92 Å². The van der Waals surface area contributed by atoms with Crippen LogP contribution in [-0.4, -0.2) is 40.8 Å². The van der Waals surface area contributed by atoms with Gasteiger partial charge in [-0.1, -0.05) is 60.7 Å². The number of nitrogens with zero attached hydrogens (tertiary/aromatic N) is 3. The van der Waals surface area contributed by atoms with Gasteiger partial charge < -0.3 is 15.3 Å². The van der Waals surface area contributed by atoms with Gasteiger partial charge >= 0.3 is 0 Å². The first-order valence-electron chi connectivity index (χ1n) is 10.3. The summed E-state index contributed by atoms with van der Waals surface area (Å²) in [5.74, 6) is 2.29. The predicted octanol–water partition coefficient (Wildman–Crippen LogP) is 3.93. The second-order valence-electron chi connectivity index (χ2n) is 7.75. The zero-order valence-electron chi connectivity index (χ0n) is 16.8. The van der Waals surface area contributed by atoms with Crippen LogP contribution < -0.4 is 10.2 Å². The van der Waals surface area contributed by atoms with Crippen LogP contribution in [0.5, 0.6) is 0 Å². The lowest BCUT2D eigenvalue weighted by atomic mass is 9.91. The van der Waals surface area contributed by atoms with E-state index in [4.69, 9.17) is 0 Å². The molecule has 4 rings (SSSR count). The highest BCUT2D eigenvalue weighted by Crippen LogP contribution is 2.27. The minimum Gasteiger partial charge on any atom is -0.393 e. The maximum atomic E-state index is 9.86. The fourth-order valence-electron chi connectivity index (χ4n) is 4.01. The molecule has 0 radical (unpaired) electrons. The van der Waals surface area contributed by atoms with Crippen LogP contribution in [0.15, 0.2) is 73.1 Å². The van der Waals surface area contributed by atoms with Gasteiger partial charge in [0.25, 0.3) is 0 Å². The average Bonchev–Trinajstić information content (AvgIpc) is 3.27. The van der Waals surface area contributed by atoms with Crippen molar-refractivity contribution in [2.75, 3.05) is 29.9 Å². The Balaban J connectivity index is 1.48. The Kier molecular flexibility index (Phi) is 6.06. The minimum absolute atomic E-state index is 0.238. The molecule has 2 atom stereocenters. The molecule has 0 aliphatic carbocycles. The molecule has 29 heavy (non-hydrogen) atoms. The molecule has 2 unspecified atom stereocenters. The third kappa shape index (κ3) is 4.74. The summed E-state index contributed by atoms with van der Waals surface area (Å²) >= 11 is 0. The standard InChI is InChI=1S/C24H28N4O/c1-18(29)21-12-13-28(16-21)24-14-23(26-17-27-24)25-15-22(19-8-4-2-5-9-19)20-10-6-3-7-11-20/h2-11,14,17-18,21-22,29H,12-13,15-16H2,1H3,(H,25,26,27). The van der Waals surface area contributed by atoms with Crippen molar-refractivity contribution in [3.63, 3.8) is 0 Å². The van der Waals surface area contributed by atoms with Gasteiger partial charge in [0.05, 0.1) is 6.10 Å². The van der Waals surface area contributed by atoms with Gasteiger partial charge in [-0.05, 0) is 24.5 Å². The maximum absolute atomic E-state index is 9.86. The SMILES string of the molecule is CC(O)C1CCN(c2cc(NCC(c3ccccc3)c3ccccc3)ncn2)C1. The van der Waals surface area contributed by atoms with Crippen molar-refractivity contribution in [2.45, 2.75) is 25.4 Å². The minimum atomic E-state index is -0.281. The van der Waals surface area contributed by atoms with Gasteiger partial charge in [-0.3, -0.25) is 0 Å². The van der Waals surface area contributed by atoms with Gasteiger partial charge in [-0.25, -0.2) is 9.97 Å². The van der Waals surface area contributed by atoms with Crippen LogP contribution in [0.2, 0.25) is 0 Å². The Morgan fingerprint density at radius 1 is 1.03 bits per heavy atom. The molecule has 2 aromatic carbocycles. The molecule has 1 aliphatic rings. The normalized spacial score (nSPS) is 17.5. The molecule has 2 heterocycles. The summed E-state index contributed by atoms with van der Waals surface area (Å²) in [5, 5.41) is 13.4. The quantitative estimate of drug-likeness (QED) is 0.642. The summed E-state index contributed by atoms with van der Waals surface area (Å²) < 4.78 is 0. The fourth-order valence-corrected chi connectivity index (χ4v) is 4.01. The maximum Gasteiger partial charge on any atom is 0.134 e. The zero-order valence-corrected chi connectivity index (χ0v) is 16.8. The number of nitrogens with one attached hydrogen (secondary N) is 1. The average molecular weight is 389 g/mol. The predicted molar refractivity (Wildman–Crippen MR) is 117 cm³/mol. The van der Waals surface area contributed by atoms with E-state index in [0.717, 1.165) is 37.7 Å². The third-order valence-corrected chi connectivity index (χ3v) is 5.77. The number of aromatic nitrogens is 2. The van der Waals surface area contributed by atoms with Gasteiger partial charge in [-0.15, -0.1) is 0 Å². The molecule has 5 nitrogen and oxygen atoms in total. The molecule has 1 fully saturated rings. The van der Waals surface area contributed by atoms with Crippen molar-refractivity contribution in [1.82, 2.24) is 9.97 Å². The van der Waals surface area contributed by atoms with Gasteiger partial charge in [-0.2, -0.15) is 0 Å². The Morgan fingerprint density at radius 2 is 1.69 bits per heavy atom. The van der Waals surface area contributed by atoms with Crippen molar-refractivity contribution in [2.24, 2.45) is 5.92 Å². The Labute approximate surface area is 172 Å². The Bertz CT molecular complexity index is 862. The highest BCUT2D eigenvalue weighted by Gasteiger charge is 2.27. The second kappa shape index (κ2) is 9.05. The van der Waals surface area contributed by atoms with E-state index in [0.29, 0.717) is 5.92 Å². The van der Waals surface area contributed by atoms with E-state index in [1.807, 2.05) is 25.1 Å². The number of aliphatic hydroxyl groups is 1. The largest absolute Gasteiger partial charge is 0.393 e. The van der Waals surface area contributed by atoms with E-state index in [1.165, 1.54) is 11.1 Å². The number of rotatable bonds is 7. The molecular formula is C24H28N4O. The molecule has 1 aliphatic heterocycles. The molecular weight excluding hydrogens is 360 g/mol. The van der Waals surface area contributed by atoms with Crippen molar-refractivity contribution in [3.8, 4) is 0 Å². The van der Waals surface area contributed by atoms with E-state index < -0.39 is 0 Å². The number of aliphatic hydroxyl groups excluding tert-OH is 1. The summed E-state index contributed by atoms with van der Waals surface area (Å²) in [6.07, 6.45) is 2.33. The van der Waals surface area contributed by atoms with Gasteiger partial charge in [0.15, 0.2) is 0 Å². The molecule has 5 heteroatoms. The molecule has 0 spiro atoms. The molecule has 3 aromatic rings. The van der Waals surface area contributed by atoms with Crippen LogP contribution in [0.25, 0.3) is 0 Å².